The lowest BCUT2D eigenvalue weighted by Crippen LogP contribution is -2.10. The lowest BCUT2D eigenvalue weighted by atomic mass is 10.1. The normalized spacial score (nSPS) is 10.1. The van der Waals surface area contributed by atoms with E-state index in [1.807, 2.05) is 6.07 Å². The van der Waals surface area contributed by atoms with Crippen LogP contribution in [0.15, 0.2) is 40.8 Å². The molecule has 2 rings (SSSR count). The van der Waals surface area contributed by atoms with Gasteiger partial charge in [-0.15, -0.1) is 0 Å². The summed E-state index contributed by atoms with van der Waals surface area (Å²) in [4.78, 5) is 15.2. The van der Waals surface area contributed by atoms with E-state index in [4.69, 9.17) is 11.0 Å². The second-order valence-corrected chi connectivity index (χ2v) is 4.74. The Labute approximate surface area is 113 Å². The van der Waals surface area contributed by atoms with E-state index >= 15 is 0 Å². The molecule has 0 aliphatic carbocycles. The van der Waals surface area contributed by atoms with E-state index in [1.54, 1.807) is 24.3 Å². The molecule has 0 saturated heterocycles. The number of amides is 1. The van der Waals surface area contributed by atoms with Gasteiger partial charge < -0.3 is 10.8 Å². The molecule has 1 aromatic carbocycles. The highest BCUT2D eigenvalue weighted by molar-refractivity contribution is 8.04. The van der Waals surface area contributed by atoms with E-state index in [-0.39, 0.29) is 21.2 Å². The summed E-state index contributed by atoms with van der Waals surface area (Å²) >= 11 is 0.841. The van der Waals surface area contributed by atoms with Crippen LogP contribution in [0, 0.1) is 11.3 Å². The van der Waals surface area contributed by atoms with Gasteiger partial charge >= 0.3 is 0 Å². The topological polar surface area (TPSA) is 100 Å². The molecule has 0 bridgehead atoms. The zero-order valence-corrected chi connectivity index (χ0v) is 10.6. The first-order valence-corrected chi connectivity index (χ1v) is 6.04. The number of hydrogen-bond donors (Lipinski definition) is 2. The minimum atomic E-state index is -0.696. The maximum Gasteiger partial charge on any atom is 0.254 e. The number of thioether (sulfide) groups is 1. The SMILES string of the molecule is C=C(Sc1nc2ccccc2c(C#N)c1O)C(N)=O. The van der Waals surface area contributed by atoms with Crippen LogP contribution in [0.1, 0.15) is 5.56 Å². The highest BCUT2D eigenvalue weighted by atomic mass is 32.2. The van der Waals surface area contributed by atoms with Crippen LogP contribution < -0.4 is 5.73 Å². The van der Waals surface area contributed by atoms with Gasteiger partial charge in [-0.1, -0.05) is 36.5 Å². The molecule has 0 unspecified atom stereocenters. The molecule has 2 aromatic rings. The van der Waals surface area contributed by atoms with Crippen LogP contribution in [0.3, 0.4) is 0 Å². The number of nitriles is 1. The van der Waals surface area contributed by atoms with E-state index in [0.29, 0.717) is 10.9 Å². The number of carbonyl (C=O) groups excluding carboxylic acids is 1. The number of hydrogen-bond acceptors (Lipinski definition) is 5. The summed E-state index contributed by atoms with van der Waals surface area (Å²) in [5, 5.41) is 19.8. The summed E-state index contributed by atoms with van der Waals surface area (Å²) in [5.41, 5.74) is 5.75. The van der Waals surface area contributed by atoms with E-state index in [1.165, 1.54) is 0 Å². The highest BCUT2D eigenvalue weighted by Gasteiger charge is 2.16. The Morgan fingerprint density at radius 1 is 1.47 bits per heavy atom. The van der Waals surface area contributed by atoms with Crippen molar-refractivity contribution in [2.45, 2.75) is 5.03 Å². The van der Waals surface area contributed by atoms with Crippen molar-refractivity contribution in [3.63, 3.8) is 0 Å². The first-order chi connectivity index (χ1) is 9.04. The molecule has 1 heterocycles. The fourth-order valence-electron chi connectivity index (χ4n) is 1.53. The molecular formula is C13H9N3O2S. The minimum absolute atomic E-state index is 0.0435. The second-order valence-electron chi connectivity index (χ2n) is 3.66. The predicted octanol–water partition coefficient (Wildman–Crippen LogP) is 1.90. The van der Waals surface area contributed by atoms with Gasteiger partial charge in [-0.25, -0.2) is 4.98 Å². The molecule has 0 aliphatic heterocycles. The standard InChI is InChI=1S/C13H9N3O2S/c1-7(12(15)18)19-13-11(17)9(6-14)8-4-2-3-5-10(8)16-13/h2-5,17H,1H2,(H2,15,18). The van der Waals surface area contributed by atoms with Crippen LogP contribution in [0.2, 0.25) is 0 Å². The van der Waals surface area contributed by atoms with Crippen molar-refractivity contribution >= 4 is 28.6 Å². The maximum absolute atomic E-state index is 11.0. The molecule has 0 atom stereocenters. The molecule has 0 radical (unpaired) electrons. The van der Waals surface area contributed by atoms with Crippen molar-refractivity contribution in [1.29, 1.82) is 5.26 Å². The first-order valence-electron chi connectivity index (χ1n) is 5.23. The lowest BCUT2D eigenvalue weighted by molar-refractivity contribution is -0.113. The largest absolute Gasteiger partial charge is 0.504 e. The number of carbonyl (C=O) groups is 1. The summed E-state index contributed by atoms with van der Waals surface area (Å²) in [6.45, 7) is 3.48. The predicted molar refractivity (Wildman–Crippen MR) is 72.3 cm³/mol. The molecule has 0 spiro atoms. The molecule has 1 aromatic heterocycles. The molecule has 0 saturated carbocycles. The molecule has 3 N–H and O–H groups in total. The average Bonchev–Trinajstić information content (AvgIpc) is 2.39. The number of aromatic nitrogens is 1. The van der Waals surface area contributed by atoms with Crippen molar-refractivity contribution < 1.29 is 9.90 Å². The number of primary amides is 1. The van der Waals surface area contributed by atoms with E-state index in [2.05, 4.69) is 11.6 Å². The summed E-state index contributed by atoms with van der Waals surface area (Å²) < 4.78 is 0. The van der Waals surface area contributed by atoms with Gasteiger partial charge in [0, 0.05) is 5.39 Å². The van der Waals surface area contributed by atoms with Gasteiger partial charge in [-0.2, -0.15) is 5.26 Å². The highest BCUT2D eigenvalue weighted by Crippen LogP contribution is 2.36. The monoisotopic (exact) mass is 271 g/mol. The Morgan fingerprint density at radius 2 is 2.16 bits per heavy atom. The quantitative estimate of drug-likeness (QED) is 0.656. The molecule has 0 aliphatic rings. The molecule has 94 valence electrons. The van der Waals surface area contributed by atoms with Gasteiger partial charge in [0.1, 0.15) is 16.7 Å². The third kappa shape index (κ3) is 2.37. The average molecular weight is 271 g/mol. The maximum atomic E-state index is 11.0. The van der Waals surface area contributed by atoms with Crippen LogP contribution >= 0.6 is 11.8 Å². The number of para-hydroxylation sites is 1. The van der Waals surface area contributed by atoms with Crippen molar-refractivity contribution in [2.24, 2.45) is 5.73 Å². The van der Waals surface area contributed by atoms with Crippen LogP contribution in [-0.2, 0) is 4.79 Å². The van der Waals surface area contributed by atoms with Gasteiger partial charge in [-0.3, -0.25) is 4.79 Å². The van der Waals surface area contributed by atoms with Crippen molar-refractivity contribution in [1.82, 2.24) is 4.98 Å². The van der Waals surface area contributed by atoms with Gasteiger partial charge in [0.05, 0.1) is 10.4 Å². The van der Waals surface area contributed by atoms with Gasteiger partial charge in [-0.05, 0) is 6.07 Å². The number of benzene rings is 1. The Hall–Kier alpha value is -2.52. The van der Waals surface area contributed by atoms with Crippen LogP contribution in [-0.4, -0.2) is 16.0 Å². The Balaban J connectivity index is 2.63. The van der Waals surface area contributed by atoms with E-state index in [9.17, 15) is 9.90 Å². The molecular weight excluding hydrogens is 262 g/mol. The van der Waals surface area contributed by atoms with Crippen molar-refractivity contribution in [3.8, 4) is 11.8 Å². The second kappa shape index (κ2) is 5.00. The molecule has 0 fully saturated rings. The zero-order valence-electron chi connectivity index (χ0n) is 9.75. The summed E-state index contributed by atoms with van der Waals surface area (Å²) in [6.07, 6.45) is 0. The molecule has 19 heavy (non-hydrogen) atoms. The summed E-state index contributed by atoms with van der Waals surface area (Å²) in [5.74, 6) is -0.966. The van der Waals surface area contributed by atoms with Gasteiger partial charge in [0.15, 0.2) is 5.75 Å². The Kier molecular flexibility index (Phi) is 3.40. The smallest absolute Gasteiger partial charge is 0.254 e. The van der Waals surface area contributed by atoms with Crippen molar-refractivity contribution in [3.05, 3.63) is 41.3 Å². The molecule has 6 heteroatoms. The number of nitrogens with two attached hydrogens (primary N) is 1. The summed E-state index contributed by atoms with van der Waals surface area (Å²) in [7, 11) is 0. The molecule has 1 amide bonds. The van der Waals surface area contributed by atoms with E-state index < -0.39 is 5.91 Å². The van der Waals surface area contributed by atoms with Gasteiger partial charge in [0.25, 0.3) is 5.91 Å². The van der Waals surface area contributed by atoms with Crippen molar-refractivity contribution in [2.75, 3.05) is 0 Å². The fraction of sp³-hybridized carbons (Fsp3) is 0. The summed E-state index contributed by atoms with van der Waals surface area (Å²) in [6, 6.07) is 8.86. The number of rotatable bonds is 3. The van der Waals surface area contributed by atoms with Crippen LogP contribution in [0.5, 0.6) is 5.75 Å². The third-order valence-electron chi connectivity index (χ3n) is 2.44. The third-order valence-corrected chi connectivity index (χ3v) is 3.37. The first kappa shape index (κ1) is 12.9. The van der Waals surface area contributed by atoms with Crippen LogP contribution in [0.4, 0.5) is 0 Å². The minimum Gasteiger partial charge on any atom is -0.504 e. The number of fused-ring (bicyclic) bond motifs is 1. The Bertz CT molecular complexity index is 734. The lowest BCUT2D eigenvalue weighted by Gasteiger charge is -2.08. The fourth-order valence-corrected chi connectivity index (χ4v) is 2.21. The number of nitrogens with zero attached hydrogens (tertiary/aromatic N) is 2. The molecule has 5 nitrogen and oxygen atoms in total. The number of aromatic hydroxyl groups is 1. The van der Waals surface area contributed by atoms with Crippen LogP contribution in [0.25, 0.3) is 10.9 Å². The zero-order chi connectivity index (χ0) is 14.0. The van der Waals surface area contributed by atoms with E-state index in [0.717, 1.165) is 11.8 Å². The number of pyridine rings is 1. The van der Waals surface area contributed by atoms with Gasteiger partial charge in [0.2, 0.25) is 0 Å². The Morgan fingerprint density at radius 3 is 2.79 bits per heavy atom.